The minimum Gasteiger partial charge on any atom is -0.349 e. The fraction of sp³-hybridized carbons (Fsp3) is 0.263. The van der Waals surface area contributed by atoms with E-state index in [-0.39, 0.29) is 17.0 Å². The molecule has 0 saturated heterocycles. The Labute approximate surface area is 169 Å². The molecule has 2 aromatic heterocycles. The number of fused-ring (bicyclic) bond motifs is 1. The van der Waals surface area contributed by atoms with E-state index in [0.717, 1.165) is 4.47 Å². The Bertz CT molecular complexity index is 1090. The zero-order chi connectivity index (χ0) is 20.3. The third kappa shape index (κ3) is 4.66. The molecule has 9 heteroatoms. The summed E-state index contributed by atoms with van der Waals surface area (Å²) in [5.74, 6) is 0.0302. The molecule has 0 unspecified atom stereocenters. The van der Waals surface area contributed by atoms with Crippen LogP contribution in [0.1, 0.15) is 23.2 Å². The maximum absolute atomic E-state index is 12.7. The van der Waals surface area contributed by atoms with Crippen molar-refractivity contribution >= 4 is 44.5 Å². The average Bonchev–Trinajstić information content (AvgIpc) is 3.08. The van der Waals surface area contributed by atoms with Crippen molar-refractivity contribution < 1.29 is 9.59 Å². The number of aromatic nitrogens is 3. The highest BCUT2D eigenvalue weighted by Crippen LogP contribution is 2.21. The molecule has 2 N–H and O–H groups in total. The second-order valence-electron chi connectivity index (χ2n) is 6.55. The number of benzene rings is 1. The van der Waals surface area contributed by atoms with E-state index in [1.165, 1.54) is 6.07 Å². The van der Waals surface area contributed by atoms with E-state index in [1.54, 1.807) is 54.1 Å². The highest BCUT2D eigenvalue weighted by atomic mass is 79.9. The van der Waals surface area contributed by atoms with Crippen LogP contribution in [0.3, 0.4) is 0 Å². The molecule has 0 spiro atoms. The number of hydrogen-bond acceptors (Lipinski definition) is 4. The van der Waals surface area contributed by atoms with E-state index >= 15 is 0 Å². The Morgan fingerprint density at radius 2 is 2.04 bits per heavy atom. The number of nitrogens with zero attached hydrogens (tertiary/aromatic N) is 3. The monoisotopic (exact) mass is 445 g/mol. The molecule has 0 saturated carbocycles. The minimum atomic E-state index is -0.415. The quantitative estimate of drug-likeness (QED) is 0.608. The zero-order valence-corrected chi connectivity index (χ0v) is 17.1. The molecule has 0 atom stereocenters. The molecule has 2 heterocycles. The van der Waals surface area contributed by atoms with Crippen molar-refractivity contribution in [3.8, 4) is 0 Å². The summed E-state index contributed by atoms with van der Waals surface area (Å²) in [4.78, 5) is 40.4. The number of rotatable bonds is 6. The minimum absolute atomic E-state index is 0.0630. The van der Waals surface area contributed by atoms with Gasteiger partial charge in [0, 0.05) is 60.8 Å². The fourth-order valence-corrected chi connectivity index (χ4v) is 3.13. The summed E-state index contributed by atoms with van der Waals surface area (Å²) in [6.45, 7) is 0.566. The smallest absolute Gasteiger partial charge is 0.257 e. The van der Waals surface area contributed by atoms with Crippen molar-refractivity contribution in [2.24, 2.45) is 0 Å². The van der Waals surface area contributed by atoms with Gasteiger partial charge in [-0.15, -0.1) is 0 Å². The molecule has 0 radical (unpaired) electrons. The van der Waals surface area contributed by atoms with Gasteiger partial charge in [-0.3, -0.25) is 19.1 Å². The van der Waals surface area contributed by atoms with Crippen molar-refractivity contribution in [2.45, 2.75) is 19.4 Å². The van der Waals surface area contributed by atoms with Gasteiger partial charge < -0.3 is 15.2 Å². The van der Waals surface area contributed by atoms with Gasteiger partial charge in [-0.2, -0.15) is 5.10 Å². The third-order valence-corrected chi connectivity index (χ3v) is 4.70. The van der Waals surface area contributed by atoms with Gasteiger partial charge in [0.1, 0.15) is 0 Å². The number of anilines is 1. The number of carbonyl (C=O) groups excluding carboxylic acids is 2. The Kier molecular flexibility index (Phi) is 5.93. The van der Waals surface area contributed by atoms with Gasteiger partial charge in [-0.25, -0.2) is 0 Å². The molecular formula is C19H20BrN5O3. The lowest BCUT2D eigenvalue weighted by molar-refractivity contribution is -0.128. The predicted molar refractivity (Wildman–Crippen MR) is 110 cm³/mol. The normalized spacial score (nSPS) is 10.8. The Morgan fingerprint density at radius 1 is 1.25 bits per heavy atom. The number of H-pyrrole nitrogens is 1. The molecule has 0 fully saturated rings. The van der Waals surface area contributed by atoms with E-state index in [0.29, 0.717) is 36.1 Å². The van der Waals surface area contributed by atoms with Crippen LogP contribution in [0.25, 0.3) is 10.9 Å². The van der Waals surface area contributed by atoms with Gasteiger partial charge in [0.05, 0.1) is 5.56 Å². The largest absolute Gasteiger partial charge is 0.349 e. The van der Waals surface area contributed by atoms with E-state index in [4.69, 9.17) is 0 Å². The van der Waals surface area contributed by atoms with Crippen LogP contribution in [0.15, 0.2) is 45.8 Å². The highest BCUT2D eigenvalue weighted by molar-refractivity contribution is 9.10. The molecule has 3 aromatic rings. The van der Waals surface area contributed by atoms with Crippen molar-refractivity contribution in [2.75, 3.05) is 19.4 Å². The molecule has 28 heavy (non-hydrogen) atoms. The molecular weight excluding hydrogens is 426 g/mol. The first-order valence-electron chi connectivity index (χ1n) is 8.71. The Morgan fingerprint density at radius 3 is 2.79 bits per heavy atom. The summed E-state index contributed by atoms with van der Waals surface area (Å²) in [5.41, 5.74) is 0.499. The SMILES string of the molecule is CN(C)C(=O)CCCn1ccc(NC(=O)c2cc(=O)[nH]c3ccc(Br)cc23)n1. The van der Waals surface area contributed by atoms with Gasteiger partial charge in [-0.1, -0.05) is 15.9 Å². The van der Waals surface area contributed by atoms with Crippen LogP contribution in [0.5, 0.6) is 0 Å². The first-order chi connectivity index (χ1) is 13.3. The van der Waals surface area contributed by atoms with Gasteiger partial charge in [0.15, 0.2) is 5.82 Å². The summed E-state index contributed by atoms with van der Waals surface area (Å²) < 4.78 is 2.48. The second-order valence-corrected chi connectivity index (χ2v) is 7.46. The molecule has 0 aliphatic rings. The van der Waals surface area contributed by atoms with E-state index in [2.05, 4.69) is 31.3 Å². The van der Waals surface area contributed by atoms with Crippen LogP contribution >= 0.6 is 15.9 Å². The molecule has 2 amide bonds. The van der Waals surface area contributed by atoms with Crippen molar-refractivity contribution in [1.82, 2.24) is 19.7 Å². The van der Waals surface area contributed by atoms with Gasteiger partial charge in [0.2, 0.25) is 11.5 Å². The standard InChI is InChI=1S/C19H20BrN5O3/c1-24(2)18(27)4-3-8-25-9-7-16(23-25)22-19(28)14-11-17(26)21-15-6-5-12(20)10-13(14)15/h5-7,9-11H,3-4,8H2,1-2H3,(H,21,26)(H,22,23,28). The van der Waals surface area contributed by atoms with Crippen LogP contribution in [0.4, 0.5) is 5.82 Å². The van der Waals surface area contributed by atoms with Crippen LogP contribution < -0.4 is 10.9 Å². The van der Waals surface area contributed by atoms with E-state index < -0.39 is 5.91 Å². The predicted octanol–water partition coefficient (Wildman–Crippen LogP) is 2.61. The van der Waals surface area contributed by atoms with Crippen LogP contribution in [0.2, 0.25) is 0 Å². The van der Waals surface area contributed by atoms with E-state index in [9.17, 15) is 14.4 Å². The Hall–Kier alpha value is -2.94. The number of aryl methyl sites for hydroxylation is 1. The van der Waals surface area contributed by atoms with Gasteiger partial charge in [0.25, 0.3) is 5.91 Å². The lowest BCUT2D eigenvalue weighted by atomic mass is 10.1. The number of carbonyl (C=O) groups is 2. The summed E-state index contributed by atoms with van der Waals surface area (Å²) in [7, 11) is 3.45. The first-order valence-corrected chi connectivity index (χ1v) is 9.50. The molecule has 1 aromatic carbocycles. The Balaban J connectivity index is 1.71. The molecule has 3 rings (SSSR count). The van der Waals surface area contributed by atoms with Crippen molar-refractivity contribution in [1.29, 1.82) is 0 Å². The molecule has 0 bridgehead atoms. The maximum atomic E-state index is 12.7. The van der Waals surface area contributed by atoms with Gasteiger partial charge in [-0.05, 0) is 24.6 Å². The van der Waals surface area contributed by atoms with Crippen molar-refractivity contribution in [3.63, 3.8) is 0 Å². The lowest BCUT2D eigenvalue weighted by Crippen LogP contribution is -2.21. The summed E-state index contributed by atoms with van der Waals surface area (Å²) >= 11 is 3.38. The van der Waals surface area contributed by atoms with E-state index in [1.807, 2.05) is 0 Å². The van der Waals surface area contributed by atoms with Crippen molar-refractivity contribution in [3.05, 3.63) is 56.9 Å². The number of aromatic amines is 1. The zero-order valence-electron chi connectivity index (χ0n) is 15.5. The fourth-order valence-electron chi connectivity index (χ4n) is 2.77. The lowest BCUT2D eigenvalue weighted by Gasteiger charge is -2.09. The third-order valence-electron chi connectivity index (χ3n) is 4.21. The molecule has 0 aliphatic heterocycles. The summed E-state index contributed by atoms with van der Waals surface area (Å²) in [5, 5.41) is 7.66. The molecule has 0 aliphatic carbocycles. The van der Waals surface area contributed by atoms with Crippen LogP contribution in [-0.4, -0.2) is 45.6 Å². The summed E-state index contributed by atoms with van der Waals surface area (Å²) in [6, 6.07) is 8.26. The number of nitrogens with one attached hydrogen (secondary N) is 2. The first kappa shape index (κ1) is 19.8. The molecule has 8 nitrogen and oxygen atoms in total. The maximum Gasteiger partial charge on any atom is 0.257 e. The topological polar surface area (TPSA) is 100 Å². The van der Waals surface area contributed by atoms with Gasteiger partial charge >= 0.3 is 0 Å². The summed E-state index contributed by atoms with van der Waals surface area (Å²) in [6.07, 6.45) is 2.82. The number of amides is 2. The molecule has 146 valence electrons. The van der Waals surface area contributed by atoms with Crippen LogP contribution in [-0.2, 0) is 11.3 Å². The number of pyridine rings is 1. The second kappa shape index (κ2) is 8.39. The number of hydrogen-bond donors (Lipinski definition) is 2. The van der Waals surface area contributed by atoms with Crippen LogP contribution in [0, 0.1) is 0 Å². The number of halogens is 1. The average molecular weight is 446 g/mol. The highest BCUT2D eigenvalue weighted by Gasteiger charge is 2.14.